The van der Waals surface area contributed by atoms with E-state index >= 15 is 0 Å². The number of hydrogen-bond acceptors (Lipinski definition) is 3. The smallest absolute Gasteiger partial charge is 0.216 e. The molecule has 2 aromatic rings. The molecule has 0 aliphatic carbocycles. The van der Waals surface area contributed by atoms with Gasteiger partial charge >= 0.3 is 0 Å². The van der Waals surface area contributed by atoms with Crippen LogP contribution in [0, 0.1) is 12.9 Å². The second-order valence-corrected chi connectivity index (χ2v) is 4.49. The highest BCUT2D eigenvalue weighted by Crippen LogP contribution is 2.14. The van der Waals surface area contributed by atoms with Gasteiger partial charge in [-0.1, -0.05) is 6.92 Å². The highest BCUT2D eigenvalue weighted by molar-refractivity contribution is 5.34. The molecule has 0 aliphatic heterocycles. The van der Waals surface area contributed by atoms with Crippen molar-refractivity contribution in [3.8, 4) is 0 Å². The fourth-order valence-corrected chi connectivity index (χ4v) is 1.99. The van der Waals surface area contributed by atoms with E-state index in [-0.39, 0.29) is 5.95 Å². The number of hydrogen-bond donors (Lipinski definition) is 1. The average Bonchev–Trinajstić information content (AvgIpc) is 2.93. The van der Waals surface area contributed by atoms with Crippen molar-refractivity contribution in [2.75, 3.05) is 5.32 Å². The summed E-state index contributed by atoms with van der Waals surface area (Å²) in [5.41, 5.74) is 1.33. The first kappa shape index (κ1) is 13.6. The van der Waals surface area contributed by atoms with Gasteiger partial charge in [0, 0.05) is 37.5 Å². The van der Waals surface area contributed by atoms with Crippen molar-refractivity contribution in [3.63, 3.8) is 0 Å². The third-order valence-electron chi connectivity index (χ3n) is 3.02. The Bertz CT molecular complexity index is 543. The first-order valence-corrected chi connectivity index (χ1v) is 6.64. The third kappa shape index (κ3) is 2.94. The van der Waals surface area contributed by atoms with E-state index in [9.17, 15) is 4.39 Å². The Labute approximate surface area is 112 Å². The highest BCUT2D eigenvalue weighted by Gasteiger charge is 2.13. The van der Waals surface area contributed by atoms with Crippen LogP contribution in [0.1, 0.15) is 31.5 Å². The molecule has 104 valence electrons. The molecule has 0 fully saturated rings. The monoisotopic (exact) mass is 265 g/mol. The molecule has 0 saturated carbocycles. The lowest BCUT2D eigenvalue weighted by atomic mass is 10.2. The normalized spacial score (nSPS) is 10.9. The Morgan fingerprint density at radius 1 is 1.32 bits per heavy atom. The van der Waals surface area contributed by atoms with E-state index in [1.807, 2.05) is 30.8 Å². The summed E-state index contributed by atoms with van der Waals surface area (Å²) in [5.74, 6) is 0.497. The van der Waals surface area contributed by atoms with Crippen molar-refractivity contribution in [1.82, 2.24) is 19.6 Å². The minimum Gasteiger partial charge on any atom is -0.364 e. The Morgan fingerprint density at radius 2 is 2.11 bits per heavy atom. The molecule has 0 aromatic carbocycles. The Morgan fingerprint density at radius 3 is 2.74 bits per heavy atom. The summed E-state index contributed by atoms with van der Waals surface area (Å²) >= 11 is 0. The van der Waals surface area contributed by atoms with E-state index in [4.69, 9.17) is 0 Å². The van der Waals surface area contributed by atoms with Gasteiger partial charge in [-0.05, 0) is 20.3 Å². The van der Waals surface area contributed by atoms with Crippen molar-refractivity contribution in [2.45, 2.75) is 46.8 Å². The second kappa shape index (κ2) is 5.86. The summed E-state index contributed by atoms with van der Waals surface area (Å²) in [5, 5.41) is 11.6. The molecule has 2 aromatic heterocycles. The predicted octanol–water partition coefficient (Wildman–Crippen LogP) is 2.57. The summed E-state index contributed by atoms with van der Waals surface area (Å²) in [6, 6.07) is 1.90. The molecule has 0 saturated heterocycles. The molecule has 6 heteroatoms. The minimum atomic E-state index is -0.263. The van der Waals surface area contributed by atoms with Crippen LogP contribution in [0.3, 0.4) is 0 Å². The summed E-state index contributed by atoms with van der Waals surface area (Å²) < 4.78 is 17.2. The SMILES string of the molecule is CCCn1ccc(NCc2c(C)nn(CC)c2F)n1. The van der Waals surface area contributed by atoms with Crippen LogP contribution >= 0.6 is 0 Å². The van der Waals surface area contributed by atoms with Crippen molar-refractivity contribution in [3.05, 3.63) is 29.5 Å². The summed E-state index contributed by atoms with van der Waals surface area (Å²) in [7, 11) is 0. The van der Waals surface area contributed by atoms with Crippen LogP contribution in [-0.2, 0) is 19.6 Å². The molecule has 0 aliphatic rings. The van der Waals surface area contributed by atoms with Crippen molar-refractivity contribution in [1.29, 1.82) is 0 Å². The Kier molecular flexibility index (Phi) is 4.19. The lowest BCUT2D eigenvalue weighted by Crippen LogP contribution is -2.05. The number of anilines is 1. The van der Waals surface area contributed by atoms with Crippen LogP contribution in [0.4, 0.5) is 10.2 Å². The van der Waals surface area contributed by atoms with Gasteiger partial charge in [0.1, 0.15) is 5.82 Å². The zero-order valence-corrected chi connectivity index (χ0v) is 11.6. The molecule has 0 atom stereocenters. The van der Waals surface area contributed by atoms with Gasteiger partial charge in [-0.15, -0.1) is 0 Å². The lowest BCUT2D eigenvalue weighted by molar-refractivity contribution is 0.464. The molecule has 5 nitrogen and oxygen atoms in total. The maximum atomic E-state index is 14.0. The molecule has 0 radical (unpaired) electrons. The van der Waals surface area contributed by atoms with Crippen LogP contribution in [0.25, 0.3) is 0 Å². The molecule has 2 heterocycles. The molecule has 19 heavy (non-hydrogen) atoms. The van der Waals surface area contributed by atoms with Gasteiger partial charge in [0.05, 0.1) is 5.69 Å². The van der Waals surface area contributed by atoms with Crippen LogP contribution < -0.4 is 5.32 Å². The first-order valence-electron chi connectivity index (χ1n) is 6.64. The topological polar surface area (TPSA) is 47.7 Å². The fourth-order valence-electron chi connectivity index (χ4n) is 1.99. The maximum Gasteiger partial charge on any atom is 0.216 e. The summed E-state index contributed by atoms with van der Waals surface area (Å²) in [6.07, 6.45) is 2.96. The van der Waals surface area contributed by atoms with Gasteiger partial charge in [0.15, 0.2) is 0 Å². The van der Waals surface area contributed by atoms with E-state index in [2.05, 4.69) is 22.4 Å². The third-order valence-corrected chi connectivity index (χ3v) is 3.02. The van der Waals surface area contributed by atoms with Crippen LogP contribution in [0.2, 0.25) is 0 Å². The highest BCUT2D eigenvalue weighted by atomic mass is 19.1. The molecule has 1 N–H and O–H groups in total. The predicted molar refractivity (Wildman–Crippen MR) is 72.4 cm³/mol. The largest absolute Gasteiger partial charge is 0.364 e. The Hall–Kier alpha value is -1.85. The van der Waals surface area contributed by atoms with Gasteiger partial charge in [-0.25, -0.2) is 4.68 Å². The number of rotatable bonds is 6. The second-order valence-electron chi connectivity index (χ2n) is 4.49. The zero-order chi connectivity index (χ0) is 13.8. The number of aryl methyl sites for hydroxylation is 3. The van der Waals surface area contributed by atoms with Crippen molar-refractivity contribution in [2.24, 2.45) is 0 Å². The van der Waals surface area contributed by atoms with Gasteiger partial charge < -0.3 is 5.32 Å². The van der Waals surface area contributed by atoms with Crippen LogP contribution in [-0.4, -0.2) is 19.6 Å². The summed E-state index contributed by atoms with van der Waals surface area (Å²) in [6.45, 7) is 7.63. The van der Waals surface area contributed by atoms with Gasteiger partial charge in [0.25, 0.3) is 0 Å². The summed E-state index contributed by atoms with van der Waals surface area (Å²) in [4.78, 5) is 0. The number of nitrogens with zero attached hydrogens (tertiary/aromatic N) is 4. The molecule has 0 amide bonds. The van der Waals surface area contributed by atoms with Crippen molar-refractivity contribution >= 4 is 5.82 Å². The average molecular weight is 265 g/mol. The van der Waals surface area contributed by atoms with Gasteiger partial charge in [-0.3, -0.25) is 4.68 Å². The molecular formula is C13H20FN5. The Balaban J connectivity index is 2.03. The quantitative estimate of drug-likeness (QED) is 0.873. The van der Waals surface area contributed by atoms with E-state index < -0.39 is 0 Å². The van der Waals surface area contributed by atoms with E-state index in [0.717, 1.165) is 24.5 Å². The van der Waals surface area contributed by atoms with Crippen LogP contribution in [0.5, 0.6) is 0 Å². The van der Waals surface area contributed by atoms with E-state index in [1.165, 1.54) is 4.68 Å². The zero-order valence-electron chi connectivity index (χ0n) is 11.6. The minimum absolute atomic E-state index is 0.263. The maximum absolute atomic E-state index is 14.0. The molecule has 2 rings (SSSR count). The standard InChI is InChI=1S/C13H20FN5/c1-4-7-18-8-6-12(17-18)15-9-11-10(3)16-19(5-2)13(11)14/h6,8H,4-5,7,9H2,1-3H3,(H,15,17). The number of aromatic nitrogens is 4. The number of halogens is 1. The van der Waals surface area contributed by atoms with Crippen LogP contribution in [0.15, 0.2) is 12.3 Å². The van der Waals surface area contributed by atoms with E-state index in [0.29, 0.717) is 18.7 Å². The van der Waals surface area contributed by atoms with E-state index in [1.54, 1.807) is 0 Å². The van der Waals surface area contributed by atoms with Gasteiger partial charge in [0.2, 0.25) is 5.95 Å². The molecular weight excluding hydrogens is 245 g/mol. The fraction of sp³-hybridized carbons (Fsp3) is 0.538. The molecule has 0 spiro atoms. The van der Waals surface area contributed by atoms with Crippen molar-refractivity contribution < 1.29 is 4.39 Å². The molecule has 0 bridgehead atoms. The van der Waals surface area contributed by atoms with Gasteiger partial charge in [-0.2, -0.15) is 14.6 Å². The number of nitrogens with one attached hydrogen (secondary N) is 1. The molecule has 0 unspecified atom stereocenters. The first-order chi connectivity index (χ1) is 9.15. The lowest BCUT2D eigenvalue weighted by Gasteiger charge is -2.02.